The normalized spacial score (nSPS) is 26.7. The molecule has 4 atom stereocenters. The van der Waals surface area contributed by atoms with Gasteiger partial charge in [0.2, 0.25) is 5.91 Å². The van der Waals surface area contributed by atoms with Crippen molar-refractivity contribution in [3.63, 3.8) is 0 Å². The fraction of sp³-hybridized carbons (Fsp3) is 0.650. The zero-order valence-corrected chi connectivity index (χ0v) is 20.9. The van der Waals surface area contributed by atoms with Gasteiger partial charge in [0.05, 0.1) is 13.2 Å². The minimum Gasteiger partial charge on any atom is -0.444 e. The van der Waals surface area contributed by atoms with Gasteiger partial charge in [-0.1, -0.05) is 6.07 Å². The number of piperidine rings is 1. The number of fused-ring (bicyclic) bond motifs is 1. The van der Waals surface area contributed by atoms with Crippen LogP contribution in [0.5, 0.6) is 0 Å². The molecule has 0 bridgehead atoms. The molecular formula is C20H29BrN3O6P. The molecule has 1 aliphatic heterocycles. The zero-order chi connectivity index (χ0) is 23.0. The molecule has 2 heterocycles. The summed E-state index contributed by atoms with van der Waals surface area (Å²) in [6.45, 7) is 8.92. The summed E-state index contributed by atoms with van der Waals surface area (Å²) in [6, 6.07) is 4.20. The molecule has 31 heavy (non-hydrogen) atoms. The van der Waals surface area contributed by atoms with Crippen LogP contribution in [0, 0.1) is 5.41 Å². The highest BCUT2D eigenvalue weighted by molar-refractivity contribution is 9.10. The number of halogens is 1. The Balaban J connectivity index is 1.78. The average molecular weight is 518 g/mol. The van der Waals surface area contributed by atoms with Crippen molar-refractivity contribution < 1.29 is 27.9 Å². The van der Waals surface area contributed by atoms with E-state index < -0.39 is 30.7 Å². The number of nitrogens with zero attached hydrogens (tertiary/aromatic N) is 2. The van der Waals surface area contributed by atoms with Crippen molar-refractivity contribution in [3.8, 4) is 0 Å². The molecule has 9 nitrogen and oxygen atoms in total. The van der Waals surface area contributed by atoms with Gasteiger partial charge in [-0.3, -0.25) is 14.3 Å². The number of pyridine rings is 1. The molecule has 1 saturated carbocycles. The number of amides is 2. The lowest BCUT2D eigenvalue weighted by atomic mass is 10.0. The van der Waals surface area contributed by atoms with Gasteiger partial charge in [-0.15, -0.1) is 0 Å². The summed E-state index contributed by atoms with van der Waals surface area (Å²) in [5, 5.41) is 2.77. The number of likely N-dealkylation sites (tertiary alicyclic amines) is 1. The lowest BCUT2D eigenvalue weighted by Gasteiger charge is -2.29. The van der Waals surface area contributed by atoms with Crippen molar-refractivity contribution in [2.45, 2.75) is 58.2 Å². The maximum atomic E-state index is 13.1. The van der Waals surface area contributed by atoms with Crippen LogP contribution in [-0.2, 0) is 23.1 Å². The molecule has 1 aromatic rings. The topological polar surface area (TPSA) is 107 Å². The minimum absolute atomic E-state index is 0.143. The van der Waals surface area contributed by atoms with Gasteiger partial charge in [0.1, 0.15) is 22.1 Å². The van der Waals surface area contributed by atoms with Gasteiger partial charge >= 0.3 is 13.7 Å². The Morgan fingerprint density at radius 3 is 2.65 bits per heavy atom. The van der Waals surface area contributed by atoms with Gasteiger partial charge in [-0.05, 0) is 68.6 Å². The molecule has 1 aromatic heterocycles. The van der Waals surface area contributed by atoms with Crippen LogP contribution in [0.1, 0.15) is 40.5 Å². The minimum atomic E-state index is -3.19. The SMILES string of the molecule is CCOP(C)(=O)OCC12CC1N(C(=O)OC(C)(C)C)[C@H](C(=O)Nc1cccc(Br)n1)C2. The van der Waals surface area contributed by atoms with Crippen molar-refractivity contribution >= 4 is 41.3 Å². The highest BCUT2D eigenvalue weighted by Crippen LogP contribution is 2.62. The molecule has 0 aromatic carbocycles. The van der Waals surface area contributed by atoms with Gasteiger partial charge in [0.25, 0.3) is 0 Å². The second-order valence-corrected chi connectivity index (χ2v) is 11.9. The van der Waals surface area contributed by atoms with E-state index in [1.807, 2.05) is 0 Å². The van der Waals surface area contributed by atoms with Crippen molar-refractivity contribution in [2.24, 2.45) is 5.41 Å². The monoisotopic (exact) mass is 517 g/mol. The first kappa shape index (κ1) is 24.2. The van der Waals surface area contributed by atoms with Gasteiger partial charge in [-0.25, -0.2) is 9.78 Å². The maximum Gasteiger partial charge on any atom is 0.411 e. The number of ether oxygens (including phenoxy) is 1. The zero-order valence-electron chi connectivity index (χ0n) is 18.4. The molecular weight excluding hydrogens is 489 g/mol. The molecule has 1 saturated heterocycles. The summed E-state index contributed by atoms with van der Waals surface area (Å²) in [5.74, 6) is 0.0244. The van der Waals surface area contributed by atoms with E-state index in [-0.39, 0.29) is 25.2 Å². The number of carbonyl (C=O) groups excluding carboxylic acids is 2. The quantitative estimate of drug-likeness (QED) is 0.421. The van der Waals surface area contributed by atoms with Crippen LogP contribution in [0.25, 0.3) is 0 Å². The van der Waals surface area contributed by atoms with Crippen LogP contribution in [0.2, 0.25) is 0 Å². The van der Waals surface area contributed by atoms with Crippen molar-refractivity contribution in [3.05, 3.63) is 22.8 Å². The van der Waals surface area contributed by atoms with E-state index in [0.29, 0.717) is 23.3 Å². The Morgan fingerprint density at radius 1 is 1.32 bits per heavy atom. The number of hydrogen-bond acceptors (Lipinski definition) is 7. The highest BCUT2D eigenvalue weighted by Gasteiger charge is 2.68. The Kier molecular flexibility index (Phi) is 6.87. The molecule has 1 N–H and O–H groups in total. The smallest absolute Gasteiger partial charge is 0.411 e. The predicted octanol–water partition coefficient (Wildman–Crippen LogP) is 4.43. The van der Waals surface area contributed by atoms with E-state index in [9.17, 15) is 14.2 Å². The van der Waals surface area contributed by atoms with Crippen LogP contribution < -0.4 is 5.32 Å². The number of anilines is 1. The number of nitrogens with one attached hydrogen (secondary N) is 1. The summed E-state index contributed by atoms with van der Waals surface area (Å²) in [5.41, 5.74) is -1.15. The van der Waals surface area contributed by atoms with E-state index in [1.165, 1.54) is 11.6 Å². The Bertz CT molecular complexity index is 907. The fourth-order valence-electron chi connectivity index (χ4n) is 3.85. The van der Waals surface area contributed by atoms with Crippen molar-refractivity contribution in [1.29, 1.82) is 0 Å². The first-order valence-corrected chi connectivity index (χ1v) is 13.0. The highest BCUT2D eigenvalue weighted by atomic mass is 79.9. The molecule has 1 aliphatic carbocycles. The molecule has 3 unspecified atom stereocenters. The third-order valence-corrected chi connectivity index (χ3v) is 7.01. The molecule has 172 valence electrons. The second kappa shape index (κ2) is 8.81. The van der Waals surface area contributed by atoms with Crippen molar-refractivity contribution in [1.82, 2.24) is 9.88 Å². The lowest BCUT2D eigenvalue weighted by molar-refractivity contribution is -0.121. The van der Waals surface area contributed by atoms with Crippen molar-refractivity contribution in [2.75, 3.05) is 25.2 Å². The first-order valence-electron chi connectivity index (χ1n) is 10.2. The molecule has 0 spiro atoms. The Morgan fingerprint density at radius 2 is 2.03 bits per heavy atom. The van der Waals surface area contributed by atoms with E-state index >= 15 is 0 Å². The molecule has 2 amide bonds. The molecule has 11 heteroatoms. The summed E-state index contributed by atoms with van der Waals surface area (Å²) >= 11 is 3.28. The molecule has 0 radical (unpaired) electrons. The molecule has 3 rings (SSSR count). The van der Waals surface area contributed by atoms with Crippen LogP contribution >= 0.6 is 23.5 Å². The summed E-state index contributed by atoms with van der Waals surface area (Å²) in [6.07, 6.45) is 0.476. The third-order valence-electron chi connectivity index (χ3n) is 5.24. The van der Waals surface area contributed by atoms with E-state index in [2.05, 4.69) is 26.2 Å². The Labute approximate surface area is 190 Å². The first-order chi connectivity index (χ1) is 14.4. The van der Waals surface area contributed by atoms with E-state index in [4.69, 9.17) is 13.8 Å². The van der Waals surface area contributed by atoms with E-state index in [0.717, 1.165) is 0 Å². The molecule has 2 fully saturated rings. The van der Waals surface area contributed by atoms with Gasteiger partial charge in [-0.2, -0.15) is 0 Å². The third kappa shape index (κ3) is 5.86. The largest absolute Gasteiger partial charge is 0.444 e. The fourth-order valence-corrected chi connectivity index (χ4v) is 5.23. The summed E-state index contributed by atoms with van der Waals surface area (Å²) in [4.78, 5) is 31.7. The second-order valence-electron chi connectivity index (χ2n) is 8.99. The van der Waals surface area contributed by atoms with Gasteiger partial charge < -0.3 is 19.1 Å². The summed E-state index contributed by atoms with van der Waals surface area (Å²) in [7, 11) is -3.19. The molecule has 2 aliphatic rings. The summed E-state index contributed by atoms with van der Waals surface area (Å²) < 4.78 is 29.3. The number of carbonyl (C=O) groups is 2. The predicted molar refractivity (Wildman–Crippen MR) is 119 cm³/mol. The lowest BCUT2D eigenvalue weighted by Crippen LogP contribution is -2.47. The number of aromatic nitrogens is 1. The van der Waals surface area contributed by atoms with Crippen LogP contribution in [0.15, 0.2) is 22.8 Å². The van der Waals surface area contributed by atoms with Crippen LogP contribution in [0.3, 0.4) is 0 Å². The van der Waals surface area contributed by atoms with Gasteiger partial charge in [0.15, 0.2) is 0 Å². The van der Waals surface area contributed by atoms with E-state index in [1.54, 1.807) is 45.9 Å². The van der Waals surface area contributed by atoms with Gasteiger partial charge in [0, 0.05) is 18.1 Å². The van der Waals surface area contributed by atoms with Crippen LogP contribution in [0.4, 0.5) is 10.6 Å². The Hall–Kier alpha value is -1.48. The average Bonchev–Trinajstić information content (AvgIpc) is 3.23. The maximum absolute atomic E-state index is 13.1. The van der Waals surface area contributed by atoms with Crippen LogP contribution in [-0.4, -0.2) is 59.4 Å². The number of hydrogen-bond donors (Lipinski definition) is 1. The standard InChI is InChI=1S/C20H29BrN3O6P/c1-6-28-31(5,27)29-12-20-10-13(17(25)23-16-9-7-8-15(21)22-16)24(14(20)11-20)18(26)30-19(2,3)4/h7-9,13-14H,6,10-12H2,1-5H3,(H,22,23,25)/t13-,14?,20?,31?/m0/s1. The number of rotatable bonds is 7.